The number of aromatic carboxylic acids is 1. The van der Waals surface area contributed by atoms with Crippen LogP contribution in [0.2, 0.25) is 0 Å². The highest BCUT2D eigenvalue weighted by Crippen LogP contribution is 2.26. The molecule has 20 nitrogen and oxygen atoms in total. The fourth-order valence-corrected chi connectivity index (χ4v) is 15.2. The van der Waals surface area contributed by atoms with Crippen molar-refractivity contribution in [1.82, 2.24) is 47.8 Å². The highest BCUT2D eigenvalue weighted by molar-refractivity contribution is 5.89. The minimum Gasteiger partial charge on any atom is -0.508 e. The zero-order valence-corrected chi connectivity index (χ0v) is 74.8. The number of aryl methyl sites for hydroxylation is 5. The van der Waals surface area contributed by atoms with Crippen molar-refractivity contribution >= 4 is 127 Å². The molecule has 5 heterocycles. The smallest absolute Gasteiger partial charge is 0.335 e. The van der Waals surface area contributed by atoms with Crippen LogP contribution in [0.3, 0.4) is 0 Å². The van der Waals surface area contributed by atoms with Gasteiger partial charge in [0.1, 0.15) is 40.6 Å². The number of anilines is 1. The van der Waals surface area contributed by atoms with Gasteiger partial charge in [0.25, 0.3) is 27.8 Å². The van der Waals surface area contributed by atoms with Crippen LogP contribution in [-0.2, 0) is 0 Å². The van der Waals surface area contributed by atoms with Gasteiger partial charge in [0.05, 0.1) is 88.5 Å². The second-order valence-corrected chi connectivity index (χ2v) is 32.2. The van der Waals surface area contributed by atoms with E-state index in [1.807, 2.05) is 319 Å². The topological polar surface area (TPSA) is 278 Å². The Morgan fingerprint density at radius 2 is 0.485 bits per heavy atom. The standard InChI is InChI=1S/C24H18N2O3.C23H19N3O.2C23H18N2O2.C23H18N2O/c1-16-9-11-17(12-10-16)13-14-22-25-21-8-3-2-7-20(21)23(27)26(22)19-6-4-5-18(15-19)24(28)29;1-16-9-11-17(12-10-16)13-14-22-25-21-8-3-2-7-20(21)23(27)26(22)19-6-4-5-18(24)15-19;2*1-16-9-11-17(12-10-16)13-14-22-24-21-8-3-2-7-20(21)23(27)25(22)18-5-4-6-19(26)15-18;1-17-8-7-11-19(16-17)25-22(15-14-18-9-3-2-4-10-18)24-21-13-6-5-12-20(21)23(25)26/h2-15H,1H3,(H,28,29);2-15H,24H2,1H3;2*2-15,26H,1H3;2-16H,1H3/b4*14-13+;15-14+. The lowest BCUT2D eigenvalue weighted by Gasteiger charge is -2.12. The summed E-state index contributed by atoms with van der Waals surface area (Å²) in [7, 11) is 0. The zero-order chi connectivity index (χ0) is 94.7. The number of hydrogen-bond donors (Lipinski definition) is 4. The minimum absolute atomic E-state index is 0.0612. The first-order valence-electron chi connectivity index (χ1n) is 43.8. The highest BCUT2D eigenvalue weighted by atomic mass is 16.4. The van der Waals surface area contributed by atoms with Crippen LogP contribution < -0.4 is 33.5 Å². The van der Waals surface area contributed by atoms with Crippen LogP contribution in [0, 0.1) is 34.6 Å². The van der Waals surface area contributed by atoms with Crippen LogP contribution in [0.15, 0.2) is 394 Å². The summed E-state index contributed by atoms with van der Waals surface area (Å²) in [6.07, 6.45) is 18.8. The number of nitrogen functional groups attached to an aromatic ring is 1. The van der Waals surface area contributed by atoms with Gasteiger partial charge < -0.3 is 21.1 Å². The number of nitrogens with two attached hydrogens (primary N) is 1. The lowest BCUT2D eigenvalue weighted by Crippen LogP contribution is -2.22. The molecule has 0 radical (unpaired) electrons. The second kappa shape index (κ2) is 42.0. The van der Waals surface area contributed by atoms with Crippen LogP contribution in [0.1, 0.15) is 95.1 Å². The number of carboxylic acids is 1. The molecule has 20 rings (SSSR count). The Bertz CT molecular complexity index is 7880. The van der Waals surface area contributed by atoms with E-state index in [-0.39, 0.29) is 44.9 Å². The first-order chi connectivity index (χ1) is 66.1. The third kappa shape index (κ3) is 21.8. The van der Waals surface area contributed by atoms with E-state index in [1.165, 1.54) is 42.5 Å². The van der Waals surface area contributed by atoms with E-state index in [9.17, 15) is 44.1 Å². The maximum Gasteiger partial charge on any atom is 0.335 e. The van der Waals surface area contributed by atoms with Crippen molar-refractivity contribution in [2.24, 2.45) is 0 Å². The molecule has 20 heteroatoms. The first-order valence-corrected chi connectivity index (χ1v) is 43.8. The molecule has 15 aromatic carbocycles. The number of carbonyl (C=O) groups is 1. The molecule has 0 spiro atoms. The Labute approximate surface area is 782 Å². The van der Waals surface area contributed by atoms with Gasteiger partial charge in [-0.05, 0) is 232 Å². The molecule has 0 bridgehead atoms. The number of benzene rings is 15. The van der Waals surface area contributed by atoms with E-state index in [0.29, 0.717) is 112 Å². The zero-order valence-electron chi connectivity index (χ0n) is 74.8. The van der Waals surface area contributed by atoms with Gasteiger partial charge in [-0.15, -0.1) is 0 Å². The molecular formula is C116H91N11O9. The van der Waals surface area contributed by atoms with E-state index >= 15 is 0 Å². The maximum atomic E-state index is 13.2. The summed E-state index contributed by atoms with van der Waals surface area (Å²) >= 11 is 0. The number of fused-ring (bicyclic) bond motifs is 5. The van der Waals surface area contributed by atoms with Gasteiger partial charge in [-0.2, -0.15) is 0 Å². The molecule has 0 fully saturated rings. The number of phenolic OH excluding ortho intramolecular Hbond substituents is 2. The van der Waals surface area contributed by atoms with Gasteiger partial charge in [0, 0.05) is 17.8 Å². The molecule has 20 aromatic rings. The molecule has 5 aromatic heterocycles. The van der Waals surface area contributed by atoms with Crippen molar-refractivity contribution in [3.63, 3.8) is 0 Å². The van der Waals surface area contributed by atoms with Crippen molar-refractivity contribution < 1.29 is 20.1 Å². The highest BCUT2D eigenvalue weighted by Gasteiger charge is 2.19. The summed E-state index contributed by atoms with van der Waals surface area (Å²) in [5, 5.41) is 31.8. The molecule has 5 N–H and O–H groups in total. The van der Waals surface area contributed by atoms with E-state index in [1.54, 1.807) is 124 Å². The Morgan fingerprint density at radius 1 is 0.243 bits per heavy atom. The molecule has 136 heavy (non-hydrogen) atoms. The molecule has 0 atom stereocenters. The van der Waals surface area contributed by atoms with Crippen molar-refractivity contribution in [3.8, 4) is 39.9 Å². The van der Waals surface area contributed by atoms with E-state index in [2.05, 4.69) is 34.0 Å². The average Bonchev–Trinajstić information content (AvgIpc) is 0.794. The van der Waals surface area contributed by atoms with Gasteiger partial charge in [0.2, 0.25) is 0 Å². The van der Waals surface area contributed by atoms with Gasteiger partial charge in [-0.25, -0.2) is 29.7 Å². The summed E-state index contributed by atoms with van der Waals surface area (Å²) in [5.41, 5.74) is 23.2. The molecule has 0 saturated carbocycles. The predicted octanol–water partition coefficient (Wildman–Crippen LogP) is 23.0. The van der Waals surface area contributed by atoms with E-state index < -0.39 is 5.97 Å². The van der Waals surface area contributed by atoms with Crippen LogP contribution in [0.4, 0.5) is 5.69 Å². The SMILES string of the molecule is Cc1ccc(/C=C/c2nc3ccccc3c(=O)n2-c2cccc(C(=O)O)c2)cc1.Cc1ccc(/C=C/c2nc3ccccc3c(=O)n2-c2cccc(N)c2)cc1.Cc1ccc(/C=C/c2nc3ccccc3c(=O)n2-c2cccc(O)c2)cc1.Cc1ccc(/C=C/c2nc3ccccc3c(=O)n2-c2cccc(O)c2)cc1.Cc1cccc(-n2c(/C=C/c3ccccc3)nc3ccccc3c2=O)c1. The quantitative estimate of drug-likeness (QED) is 0.0655. The molecule has 0 amide bonds. The summed E-state index contributed by atoms with van der Waals surface area (Å²) in [4.78, 5) is 101. The molecule has 664 valence electrons. The average molecular weight is 1780 g/mol. The molecule has 0 unspecified atom stereocenters. The number of aromatic nitrogens is 10. The monoisotopic (exact) mass is 1780 g/mol. The summed E-state index contributed by atoms with van der Waals surface area (Å²) < 4.78 is 7.76. The largest absolute Gasteiger partial charge is 0.508 e. The Kier molecular flexibility index (Phi) is 28.1. The third-order valence-corrected chi connectivity index (χ3v) is 22.2. The maximum absolute atomic E-state index is 13.2. The van der Waals surface area contributed by atoms with Crippen molar-refractivity contribution in [2.45, 2.75) is 34.6 Å². The fourth-order valence-electron chi connectivity index (χ4n) is 15.2. The number of rotatable bonds is 16. The molecule has 0 aliphatic carbocycles. The van der Waals surface area contributed by atoms with E-state index in [4.69, 9.17) is 15.7 Å². The van der Waals surface area contributed by atoms with Crippen molar-refractivity contribution in [3.05, 3.63) is 512 Å². The molecule has 0 aliphatic heterocycles. The van der Waals surface area contributed by atoms with Crippen LogP contribution >= 0.6 is 0 Å². The fraction of sp³-hybridized carbons (Fsp3) is 0.0431. The van der Waals surface area contributed by atoms with E-state index in [0.717, 1.165) is 44.6 Å². The van der Waals surface area contributed by atoms with Gasteiger partial charge in [0.15, 0.2) is 0 Å². The Morgan fingerprint density at radius 3 is 0.765 bits per heavy atom. The minimum atomic E-state index is -1.05. The van der Waals surface area contributed by atoms with Gasteiger partial charge in [-0.1, -0.05) is 277 Å². The number of para-hydroxylation sites is 5. The van der Waals surface area contributed by atoms with Crippen LogP contribution in [0.5, 0.6) is 11.5 Å². The number of hydrogen-bond acceptors (Lipinski definition) is 14. The number of aromatic hydroxyl groups is 2. The Balaban J connectivity index is 0.000000123. The summed E-state index contributed by atoms with van der Waals surface area (Å²) in [6, 6.07) is 114. The Hall–Kier alpha value is -18.4. The number of carboxylic acid groups (broad SMARTS) is 1. The lowest BCUT2D eigenvalue weighted by molar-refractivity contribution is 0.0696. The number of nitrogens with zero attached hydrogens (tertiary/aromatic N) is 10. The van der Waals surface area contributed by atoms with Crippen LogP contribution in [0.25, 0.3) is 144 Å². The van der Waals surface area contributed by atoms with Gasteiger partial charge in [-0.3, -0.25) is 46.8 Å². The van der Waals surface area contributed by atoms with Crippen LogP contribution in [-0.4, -0.2) is 69.0 Å². The van der Waals surface area contributed by atoms with Crippen molar-refractivity contribution in [2.75, 3.05) is 5.73 Å². The first kappa shape index (κ1) is 90.9. The molecular weight excluding hydrogens is 1690 g/mol. The van der Waals surface area contributed by atoms with Crippen molar-refractivity contribution in [1.29, 1.82) is 0 Å². The number of phenols is 2. The predicted molar refractivity (Wildman–Crippen MR) is 552 cm³/mol. The summed E-state index contributed by atoms with van der Waals surface area (Å²) in [5.74, 6) is 1.76. The molecule has 0 aliphatic rings. The normalized spacial score (nSPS) is 11.3. The van der Waals surface area contributed by atoms with Gasteiger partial charge >= 0.3 is 5.97 Å². The lowest BCUT2D eigenvalue weighted by atomic mass is 10.1. The third-order valence-electron chi connectivity index (χ3n) is 22.2. The second-order valence-electron chi connectivity index (χ2n) is 32.2. The molecule has 0 saturated heterocycles. The summed E-state index contributed by atoms with van der Waals surface area (Å²) in [6.45, 7) is 10.2.